The van der Waals surface area contributed by atoms with Crippen molar-refractivity contribution in [1.29, 1.82) is 0 Å². The Morgan fingerprint density at radius 2 is 1.27 bits per heavy atom. The lowest BCUT2D eigenvalue weighted by Gasteiger charge is -2.41. The Balaban J connectivity index is 1.26. The number of anilines is 1. The van der Waals surface area contributed by atoms with Crippen LogP contribution in [0.4, 0.5) is 20.1 Å². The van der Waals surface area contributed by atoms with Crippen molar-refractivity contribution in [3.8, 4) is 0 Å². The van der Waals surface area contributed by atoms with E-state index in [9.17, 15) is 53.1 Å². The van der Waals surface area contributed by atoms with Crippen molar-refractivity contribution in [2.45, 2.75) is 220 Å². The maximum absolute atomic E-state index is 14.9. The van der Waals surface area contributed by atoms with Crippen LogP contribution in [0.1, 0.15) is 164 Å². The van der Waals surface area contributed by atoms with E-state index in [4.69, 9.17) is 43.6 Å². The Bertz CT molecular complexity index is 3090. The Labute approximate surface area is 639 Å². The summed E-state index contributed by atoms with van der Waals surface area (Å²) in [5, 5.41) is 30.4. The van der Waals surface area contributed by atoms with E-state index in [2.05, 4.69) is 49.4 Å². The van der Waals surface area contributed by atoms with Crippen molar-refractivity contribution in [2.75, 3.05) is 106 Å². The third-order valence-electron chi connectivity index (χ3n) is 19.6. The maximum Gasteiger partial charge on any atom is 0.410 e. The number of alkyl carbamates (subject to hydrolysis) is 1. The van der Waals surface area contributed by atoms with E-state index >= 15 is 0 Å². The van der Waals surface area contributed by atoms with Gasteiger partial charge < -0.3 is 95.8 Å². The highest BCUT2D eigenvalue weighted by atomic mass is 16.6. The highest BCUT2D eigenvalue weighted by Crippen LogP contribution is 2.31. The lowest BCUT2D eigenvalue weighted by molar-refractivity contribution is -0.148. The number of nitrogens with zero attached hydrogens (tertiary/aromatic N) is 3. The van der Waals surface area contributed by atoms with Gasteiger partial charge in [-0.05, 0) is 112 Å². The zero-order valence-corrected chi connectivity index (χ0v) is 66.3. The highest BCUT2D eigenvalue weighted by Gasteiger charge is 2.44. The summed E-state index contributed by atoms with van der Waals surface area (Å²) in [6.07, 6.45) is 7.21. The molecule has 30 nitrogen and oxygen atoms in total. The summed E-state index contributed by atoms with van der Waals surface area (Å²) >= 11 is 0. The first-order chi connectivity index (χ1) is 51.5. The van der Waals surface area contributed by atoms with Gasteiger partial charge in [-0.1, -0.05) is 123 Å². The van der Waals surface area contributed by atoms with Crippen LogP contribution >= 0.6 is 0 Å². The van der Waals surface area contributed by atoms with E-state index < -0.39 is 126 Å². The number of hydrogen-bond acceptors (Lipinski definition) is 19. The molecular weight excluding hydrogens is 1390 g/mol. The number of nitrogens with one attached hydrogen (secondary N) is 7. The Morgan fingerprint density at radius 1 is 0.639 bits per heavy atom. The van der Waals surface area contributed by atoms with Crippen molar-refractivity contribution in [3.05, 3.63) is 77.9 Å². The summed E-state index contributed by atoms with van der Waals surface area (Å²) in [6.45, 7) is 20.9. The molecule has 30 heteroatoms. The number of ether oxygens (including phenoxy) is 8. The molecule has 10 N–H and O–H groups in total. The van der Waals surface area contributed by atoms with Crippen LogP contribution in [0.2, 0.25) is 0 Å². The molecule has 2 aliphatic rings. The standard InChI is InChI=1S/C78H127N11O19/c1-15-53(8)68(62(101-13)48-64(91)89-39-25-31-61(89)70(102-14)54(9)71(93)82-55(10)69(92)57-26-20-19-21-27-57)87(11)75(97)66(51(4)5)86-74(96)67(52(6)7)88(12)78(100)107-49-56-32-34-58(35-33-56)83-72(94)60(30-24-37-80-76(79)98)84-73(95)65(50(2)3)85-63(90)36-40-103-42-44-105-46-47-106-45-43-104-41-38-81-77(99)108-59-28-22-17-16-18-23-29-59/h16-17,19-21,26-27,32-35,50-55,59-62,65-70,92H,15,18,22-25,28-31,36-49H2,1-14H3,(H,81,99)(H,82,93)(H,83,94)(H,84,95)(H,85,90)(H,86,96)(H3,79,80,98)/b17-16+/t53-,54+,55+,59?,60-,61-,62+,65-,66-,67-,68-,69+,70+/m0/s1. The van der Waals surface area contributed by atoms with E-state index in [0.717, 1.165) is 32.1 Å². The smallest absolute Gasteiger partial charge is 0.410 e. The summed E-state index contributed by atoms with van der Waals surface area (Å²) in [7, 11) is 6.09. The molecule has 0 saturated carbocycles. The average molecular weight is 1520 g/mol. The summed E-state index contributed by atoms with van der Waals surface area (Å²) in [4.78, 5) is 140. The fraction of sp³-hybridized carbons (Fsp3) is 0.692. The first kappa shape index (κ1) is 92.4. The van der Waals surface area contributed by atoms with Crippen molar-refractivity contribution in [3.63, 3.8) is 0 Å². The average Bonchev–Trinajstić information content (AvgIpc) is 1.48. The first-order valence-corrected chi connectivity index (χ1v) is 38.3. The molecule has 0 bridgehead atoms. The van der Waals surface area contributed by atoms with Gasteiger partial charge in [-0.2, -0.15) is 0 Å². The van der Waals surface area contributed by atoms with Gasteiger partial charge >= 0.3 is 18.2 Å². The van der Waals surface area contributed by atoms with Crippen LogP contribution in [0, 0.1) is 29.6 Å². The monoisotopic (exact) mass is 1520 g/mol. The molecule has 11 amide bonds. The fourth-order valence-corrected chi connectivity index (χ4v) is 13.3. The van der Waals surface area contributed by atoms with Gasteiger partial charge in [0.15, 0.2) is 0 Å². The number of likely N-dealkylation sites (N-methyl/N-ethyl adjacent to an activating group) is 2. The quantitative estimate of drug-likeness (QED) is 0.0247. The van der Waals surface area contributed by atoms with Crippen LogP contribution in [0.3, 0.4) is 0 Å². The molecule has 1 unspecified atom stereocenters. The van der Waals surface area contributed by atoms with Crippen LogP contribution in [0.5, 0.6) is 0 Å². The molecule has 1 heterocycles. The predicted octanol–water partition coefficient (Wildman–Crippen LogP) is 6.66. The van der Waals surface area contributed by atoms with Crippen LogP contribution in [0.15, 0.2) is 66.7 Å². The zero-order valence-electron chi connectivity index (χ0n) is 66.3. The highest BCUT2D eigenvalue weighted by molar-refractivity contribution is 5.98. The number of benzene rings is 2. The molecule has 0 aromatic heterocycles. The molecule has 108 heavy (non-hydrogen) atoms. The number of methoxy groups -OCH3 is 2. The number of hydrogen-bond donors (Lipinski definition) is 9. The fourth-order valence-electron chi connectivity index (χ4n) is 13.3. The van der Waals surface area contributed by atoms with Crippen molar-refractivity contribution < 1.29 is 90.9 Å². The molecule has 4 rings (SSSR count). The number of carbonyl (C=O) groups excluding carboxylic acids is 10. The Hall–Kier alpha value is -8.00. The van der Waals surface area contributed by atoms with Gasteiger partial charge in [-0.25, -0.2) is 14.4 Å². The molecule has 2 aromatic carbocycles. The number of rotatable bonds is 48. The molecular formula is C78H127N11O19. The summed E-state index contributed by atoms with van der Waals surface area (Å²) in [5.74, 6) is -5.36. The molecule has 13 atom stereocenters. The van der Waals surface area contributed by atoms with Crippen LogP contribution in [-0.4, -0.2) is 241 Å². The van der Waals surface area contributed by atoms with Gasteiger partial charge in [0.05, 0.1) is 102 Å². The van der Waals surface area contributed by atoms with Gasteiger partial charge in [0.1, 0.15) is 36.9 Å². The molecule has 0 radical (unpaired) electrons. The minimum Gasteiger partial charge on any atom is -0.446 e. The number of carbonyl (C=O) groups is 10. The minimum atomic E-state index is -1.12. The second-order valence-corrected chi connectivity index (χ2v) is 28.9. The first-order valence-electron chi connectivity index (χ1n) is 38.3. The van der Waals surface area contributed by atoms with E-state index in [0.29, 0.717) is 82.2 Å². The topological polar surface area (TPSA) is 385 Å². The lowest BCUT2D eigenvalue weighted by Crippen LogP contribution is -2.60. The summed E-state index contributed by atoms with van der Waals surface area (Å²) < 4.78 is 45.5. The molecule has 1 fully saturated rings. The predicted molar refractivity (Wildman–Crippen MR) is 407 cm³/mol. The zero-order chi connectivity index (χ0) is 79.8. The SMILES string of the molecule is CC[C@H](C)[C@@H]([C@@H](CC(=O)N1CCC[C@H]1[C@H](OC)[C@@H](C)C(=O)N[C@H](C)[C@@H](O)c1ccccc1)OC)N(C)C(=O)[C@@H](NC(=O)[C@H](C(C)C)N(C)C(=O)OCc1ccc(NC(=O)[C@H](CCCNC(N)=O)NC(=O)[C@@H](NC(=O)CCOCCOCCOCCOCCNC(=O)OC2CC/C=C/CCC2)C(C)C)cc1)C(C)C. The number of nitrogens with two attached hydrogens (primary N) is 1. The summed E-state index contributed by atoms with van der Waals surface area (Å²) in [5.41, 5.74) is 6.80. The van der Waals surface area contributed by atoms with Crippen molar-refractivity contribution in [1.82, 2.24) is 46.6 Å². The molecule has 1 saturated heterocycles. The third kappa shape index (κ3) is 31.9. The van der Waals surface area contributed by atoms with Gasteiger partial charge in [0, 0.05) is 60.1 Å². The largest absolute Gasteiger partial charge is 0.446 e. The van der Waals surface area contributed by atoms with E-state index in [-0.39, 0.29) is 88.4 Å². The number of aliphatic hydroxyl groups is 1. The van der Waals surface area contributed by atoms with Gasteiger partial charge in [0.25, 0.3) is 0 Å². The molecule has 1 aliphatic carbocycles. The number of aliphatic hydroxyl groups excluding tert-OH is 1. The van der Waals surface area contributed by atoms with Crippen molar-refractivity contribution in [2.24, 2.45) is 35.3 Å². The second-order valence-electron chi connectivity index (χ2n) is 28.9. The summed E-state index contributed by atoms with van der Waals surface area (Å²) in [6, 6.07) is 8.72. The number of amides is 11. The van der Waals surface area contributed by atoms with Crippen LogP contribution in [-0.2, 0) is 78.1 Å². The van der Waals surface area contributed by atoms with Gasteiger partial charge in [-0.3, -0.25) is 38.5 Å². The number of likely N-dealkylation sites (tertiary alicyclic amines) is 1. The normalized spacial score (nSPS) is 17.9. The second kappa shape index (κ2) is 49.9. The third-order valence-corrected chi connectivity index (χ3v) is 19.6. The van der Waals surface area contributed by atoms with Crippen LogP contribution < -0.4 is 43.0 Å². The lowest BCUT2D eigenvalue weighted by atomic mass is 9.89. The van der Waals surface area contributed by atoms with Crippen LogP contribution in [0.25, 0.3) is 0 Å². The Morgan fingerprint density at radius 3 is 1.87 bits per heavy atom. The minimum absolute atomic E-state index is 0.0538. The number of urea groups is 1. The molecule has 0 spiro atoms. The van der Waals surface area contributed by atoms with Gasteiger partial charge in [0.2, 0.25) is 41.4 Å². The molecule has 608 valence electrons. The van der Waals surface area contributed by atoms with E-state index in [1.807, 2.05) is 32.0 Å². The van der Waals surface area contributed by atoms with Crippen molar-refractivity contribution >= 4 is 65.3 Å². The van der Waals surface area contributed by atoms with E-state index in [1.165, 1.54) is 26.2 Å². The number of primary amides is 1. The maximum atomic E-state index is 14.9. The molecule has 2 aromatic rings. The Kier molecular flexibility index (Phi) is 42.7. The van der Waals surface area contributed by atoms with Gasteiger partial charge in [-0.15, -0.1) is 0 Å². The number of allylic oxidation sites excluding steroid dienone is 2. The molecule has 1 aliphatic heterocycles. The van der Waals surface area contributed by atoms with E-state index in [1.54, 1.807) is 109 Å².